The van der Waals surface area contributed by atoms with Gasteiger partial charge in [0.15, 0.2) is 11.5 Å². The lowest BCUT2D eigenvalue weighted by molar-refractivity contribution is 0.355. The Labute approximate surface area is 118 Å². The van der Waals surface area contributed by atoms with E-state index in [0.717, 1.165) is 25.2 Å². The molecule has 1 heterocycles. The van der Waals surface area contributed by atoms with Crippen LogP contribution in [-0.4, -0.2) is 30.5 Å². The van der Waals surface area contributed by atoms with Crippen LogP contribution in [0.2, 0.25) is 0 Å². The molecule has 0 saturated carbocycles. The summed E-state index contributed by atoms with van der Waals surface area (Å²) in [7, 11) is 3.20. The molecule has 1 aromatic heterocycles. The van der Waals surface area contributed by atoms with Crippen LogP contribution in [-0.2, 0) is 6.54 Å². The first-order valence-electron chi connectivity index (χ1n) is 6.47. The third-order valence-electron chi connectivity index (χ3n) is 2.99. The van der Waals surface area contributed by atoms with Crippen molar-refractivity contribution < 1.29 is 9.47 Å². The van der Waals surface area contributed by atoms with Crippen LogP contribution >= 0.6 is 0 Å². The van der Waals surface area contributed by atoms with Gasteiger partial charge in [0.25, 0.3) is 0 Å². The highest BCUT2D eigenvalue weighted by molar-refractivity contribution is 5.71. The lowest BCUT2D eigenvalue weighted by atomic mass is 10.2. The number of methoxy groups -OCH3 is 2. The van der Waals surface area contributed by atoms with Gasteiger partial charge in [-0.15, -0.1) is 0 Å². The topological polar surface area (TPSA) is 74.3 Å². The first-order valence-corrected chi connectivity index (χ1v) is 6.47. The summed E-state index contributed by atoms with van der Waals surface area (Å²) in [5.41, 5.74) is 7.47. The first kappa shape index (κ1) is 14.0. The van der Waals surface area contributed by atoms with Gasteiger partial charge < -0.3 is 20.5 Å². The van der Waals surface area contributed by atoms with E-state index in [4.69, 9.17) is 15.2 Å². The van der Waals surface area contributed by atoms with Gasteiger partial charge in [0.1, 0.15) is 0 Å². The Morgan fingerprint density at radius 2 is 2.00 bits per heavy atom. The Kier molecular flexibility index (Phi) is 4.70. The molecule has 0 saturated heterocycles. The molecule has 6 heteroatoms. The minimum atomic E-state index is 0.632. The minimum Gasteiger partial charge on any atom is -0.493 e. The van der Waals surface area contributed by atoms with Gasteiger partial charge in [0.05, 0.1) is 25.6 Å². The highest BCUT2D eigenvalue weighted by atomic mass is 16.5. The molecule has 0 spiro atoms. The summed E-state index contributed by atoms with van der Waals surface area (Å²) in [5.74, 6) is 1.29. The maximum absolute atomic E-state index is 5.98. The van der Waals surface area contributed by atoms with Crippen molar-refractivity contribution in [1.82, 2.24) is 9.78 Å². The average molecular weight is 276 g/mol. The van der Waals surface area contributed by atoms with E-state index in [9.17, 15) is 0 Å². The van der Waals surface area contributed by atoms with E-state index >= 15 is 0 Å². The molecule has 20 heavy (non-hydrogen) atoms. The predicted octanol–water partition coefficient (Wildman–Crippen LogP) is 1.98. The molecule has 0 radical (unpaired) electrons. The molecule has 0 bridgehead atoms. The fraction of sp³-hybridized carbons (Fsp3) is 0.357. The minimum absolute atomic E-state index is 0.632. The monoisotopic (exact) mass is 276 g/mol. The molecule has 0 amide bonds. The normalized spacial score (nSPS) is 10.3. The van der Waals surface area contributed by atoms with Crippen molar-refractivity contribution in [2.75, 3.05) is 31.8 Å². The maximum Gasteiger partial charge on any atom is 0.162 e. The number of nitrogens with one attached hydrogen (secondary N) is 1. The summed E-state index contributed by atoms with van der Waals surface area (Å²) in [5, 5.41) is 7.46. The van der Waals surface area contributed by atoms with Gasteiger partial charge in [-0.05, 0) is 12.5 Å². The first-order chi connectivity index (χ1) is 9.74. The highest BCUT2D eigenvalue weighted by Crippen LogP contribution is 2.34. The zero-order valence-corrected chi connectivity index (χ0v) is 11.8. The third-order valence-corrected chi connectivity index (χ3v) is 2.99. The van der Waals surface area contributed by atoms with Gasteiger partial charge in [-0.1, -0.05) is 0 Å². The van der Waals surface area contributed by atoms with E-state index in [1.165, 1.54) is 0 Å². The molecule has 6 nitrogen and oxygen atoms in total. The van der Waals surface area contributed by atoms with Gasteiger partial charge in [0, 0.05) is 37.6 Å². The second-order valence-corrected chi connectivity index (χ2v) is 4.34. The van der Waals surface area contributed by atoms with Crippen LogP contribution in [0.1, 0.15) is 6.42 Å². The van der Waals surface area contributed by atoms with Crippen LogP contribution in [0.4, 0.5) is 11.4 Å². The number of nitrogens with zero attached hydrogens (tertiary/aromatic N) is 2. The van der Waals surface area contributed by atoms with E-state index in [2.05, 4.69) is 10.4 Å². The zero-order valence-electron chi connectivity index (χ0n) is 11.8. The van der Waals surface area contributed by atoms with Gasteiger partial charge >= 0.3 is 0 Å². The van der Waals surface area contributed by atoms with Crippen molar-refractivity contribution in [2.24, 2.45) is 0 Å². The summed E-state index contributed by atoms with van der Waals surface area (Å²) in [6.07, 6.45) is 4.68. The molecule has 0 fully saturated rings. The van der Waals surface area contributed by atoms with Crippen molar-refractivity contribution in [3.63, 3.8) is 0 Å². The van der Waals surface area contributed by atoms with Crippen LogP contribution < -0.4 is 20.5 Å². The number of nitrogen functional groups attached to an aromatic ring is 1. The number of nitrogens with two attached hydrogens (primary N) is 1. The van der Waals surface area contributed by atoms with E-state index in [-0.39, 0.29) is 0 Å². The van der Waals surface area contributed by atoms with Crippen LogP contribution in [0.15, 0.2) is 30.6 Å². The fourth-order valence-electron chi connectivity index (χ4n) is 1.94. The summed E-state index contributed by atoms with van der Waals surface area (Å²) < 4.78 is 12.4. The molecular weight excluding hydrogens is 256 g/mol. The number of benzene rings is 1. The molecule has 1 aromatic carbocycles. The molecule has 2 aromatic rings. The Bertz CT molecular complexity index is 540. The van der Waals surface area contributed by atoms with Gasteiger partial charge in [-0.25, -0.2) is 0 Å². The number of aryl methyl sites for hydroxylation is 1. The summed E-state index contributed by atoms with van der Waals surface area (Å²) in [6.45, 7) is 1.67. The predicted molar refractivity (Wildman–Crippen MR) is 79.3 cm³/mol. The molecule has 0 aliphatic heterocycles. The summed E-state index contributed by atoms with van der Waals surface area (Å²) >= 11 is 0. The highest BCUT2D eigenvalue weighted by Gasteiger charge is 2.08. The van der Waals surface area contributed by atoms with E-state index in [0.29, 0.717) is 17.2 Å². The molecule has 0 aliphatic rings. The Morgan fingerprint density at radius 3 is 2.65 bits per heavy atom. The third kappa shape index (κ3) is 3.34. The molecule has 3 N–H and O–H groups in total. The Morgan fingerprint density at radius 1 is 1.25 bits per heavy atom. The lowest BCUT2D eigenvalue weighted by Crippen LogP contribution is -2.08. The second-order valence-electron chi connectivity index (χ2n) is 4.34. The number of anilines is 2. The largest absolute Gasteiger partial charge is 0.493 e. The van der Waals surface area contributed by atoms with Crippen molar-refractivity contribution in [3.05, 3.63) is 30.6 Å². The standard InChI is InChI=1S/C14H20N4O2/c1-19-13-9-11(15)12(10-14(13)20-2)16-5-3-7-18-8-4-6-17-18/h4,6,8-10,16H,3,5,7,15H2,1-2H3. The van der Waals surface area contributed by atoms with E-state index in [1.807, 2.05) is 23.0 Å². The molecule has 0 atom stereocenters. The SMILES string of the molecule is COc1cc(N)c(NCCCn2cccn2)cc1OC. The van der Waals surface area contributed by atoms with Crippen LogP contribution in [0.3, 0.4) is 0 Å². The van der Waals surface area contributed by atoms with Crippen molar-refractivity contribution >= 4 is 11.4 Å². The van der Waals surface area contributed by atoms with Crippen molar-refractivity contribution in [1.29, 1.82) is 0 Å². The molecular formula is C14H20N4O2. The number of hydrogen-bond donors (Lipinski definition) is 2. The van der Waals surface area contributed by atoms with Crippen LogP contribution in [0, 0.1) is 0 Å². The van der Waals surface area contributed by atoms with Gasteiger partial charge in [-0.3, -0.25) is 4.68 Å². The van der Waals surface area contributed by atoms with Crippen LogP contribution in [0.5, 0.6) is 11.5 Å². The maximum atomic E-state index is 5.98. The molecule has 0 aliphatic carbocycles. The number of rotatable bonds is 7. The van der Waals surface area contributed by atoms with Crippen LogP contribution in [0.25, 0.3) is 0 Å². The Balaban J connectivity index is 1.92. The number of hydrogen-bond acceptors (Lipinski definition) is 5. The smallest absolute Gasteiger partial charge is 0.162 e. The van der Waals surface area contributed by atoms with E-state index < -0.39 is 0 Å². The second kappa shape index (κ2) is 6.70. The van der Waals surface area contributed by atoms with E-state index in [1.54, 1.807) is 26.5 Å². The molecule has 2 rings (SSSR count). The number of ether oxygens (including phenoxy) is 2. The molecule has 108 valence electrons. The number of aromatic nitrogens is 2. The summed E-state index contributed by atoms with van der Waals surface area (Å²) in [4.78, 5) is 0. The fourth-order valence-corrected chi connectivity index (χ4v) is 1.94. The zero-order chi connectivity index (χ0) is 14.4. The van der Waals surface area contributed by atoms with Gasteiger partial charge in [0.2, 0.25) is 0 Å². The Hall–Kier alpha value is -2.37. The molecule has 0 unspecified atom stereocenters. The lowest BCUT2D eigenvalue weighted by Gasteiger charge is -2.14. The average Bonchev–Trinajstić information content (AvgIpc) is 2.97. The summed E-state index contributed by atoms with van der Waals surface area (Å²) in [6, 6.07) is 5.52. The van der Waals surface area contributed by atoms with Gasteiger partial charge in [-0.2, -0.15) is 5.10 Å². The van der Waals surface area contributed by atoms with Crippen molar-refractivity contribution in [3.8, 4) is 11.5 Å². The quantitative estimate of drug-likeness (QED) is 0.597. The van der Waals surface area contributed by atoms with Crippen molar-refractivity contribution in [2.45, 2.75) is 13.0 Å².